The summed E-state index contributed by atoms with van der Waals surface area (Å²) >= 11 is 1.65. The molecule has 6 nitrogen and oxygen atoms in total. The Morgan fingerprint density at radius 3 is 2.71 bits per heavy atom. The van der Waals surface area contributed by atoms with Crippen LogP contribution in [0.5, 0.6) is 0 Å². The number of carbonyl (C=O) groups excluding carboxylic acids is 1. The SMILES string of the molecule is CSCCN(C)C(=O)c1cccc(S(=O)(=O)NCC2(CO)CC2)c1. The Hall–Kier alpha value is -1.09. The smallest absolute Gasteiger partial charge is 0.253 e. The Labute approximate surface area is 147 Å². The van der Waals surface area contributed by atoms with Gasteiger partial charge in [0, 0.05) is 43.5 Å². The van der Waals surface area contributed by atoms with Crippen molar-refractivity contribution in [1.29, 1.82) is 0 Å². The molecule has 2 rings (SSSR count). The molecule has 1 amide bonds. The van der Waals surface area contributed by atoms with E-state index >= 15 is 0 Å². The van der Waals surface area contributed by atoms with Gasteiger partial charge in [0.2, 0.25) is 10.0 Å². The zero-order chi connectivity index (χ0) is 17.8. The van der Waals surface area contributed by atoms with Crippen LogP contribution in [-0.2, 0) is 10.0 Å². The average molecular weight is 373 g/mol. The van der Waals surface area contributed by atoms with Crippen LogP contribution in [0.1, 0.15) is 23.2 Å². The van der Waals surface area contributed by atoms with Crippen LogP contribution in [0.25, 0.3) is 0 Å². The highest BCUT2D eigenvalue weighted by molar-refractivity contribution is 7.98. The lowest BCUT2D eigenvalue weighted by Crippen LogP contribution is -2.32. The van der Waals surface area contributed by atoms with E-state index in [0.717, 1.165) is 18.6 Å². The minimum absolute atomic E-state index is 0.0196. The maximum absolute atomic E-state index is 12.4. The lowest BCUT2D eigenvalue weighted by Gasteiger charge is -2.17. The van der Waals surface area contributed by atoms with Gasteiger partial charge in [-0.2, -0.15) is 11.8 Å². The van der Waals surface area contributed by atoms with Gasteiger partial charge in [-0.3, -0.25) is 4.79 Å². The molecule has 1 saturated carbocycles. The third-order valence-electron chi connectivity index (χ3n) is 4.30. The fourth-order valence-electron chi connectivity index (χ4n) is 2.25. The minimum atomic E-state index is -3.70. The second-order valence-electron chi connectivity index (χ2n) is 6.23. The number of hydrogen-bond donors (Lipinski definition) is 2. The van der Waals surface area contributed by atoms with E-state index in [4.69, 9.17) is 0 Å². The molecule has 0 unspecified atom stereocenters. The molecule has 0 aliphatic heterocycles. The Morgan fingerprint density at radius 2 is 2.12 bits per heavy atom. The molecule has 1 aromatic carbocycles. The van der Waals surface area contributed by atoms with Crippen molar-refractivity contribution in [2.24, 2.45) is 5.41 Å². The number of benzene rings is 1. The van der Waals surface area contributed by atoms with Gasteiger partial charge in [-0.15, -0.1) is 0 Å². The van der Waals surface area contributed by atoms with Crippen LogP contribution in [0.15, 0.2) is 29.2 Å². The number of aliphatic hydroxyl groups excluding tert-OH is 1. The first-order valence-corrected chi connectivity index (χ1v) is 10.7. The molecule has 1 aliphatic carbocycles. The summed E-state index contributed by atoms with van der Waals surface area (Å²) in [4.78, 5) is 14.0. The van der Waals surface area contributed by atoms with Crippen LogP contribution in [0.3, 0.4) is 0 Å². The topological polar surface area (TPSA) is 86.7 Å². The molecule has 0 spiro atoms. The summed E-state index contributed by atoms with van der Waals surface area (Å²) < 4.78 is 27.4. The van der Waals surface area contributed by atoms with Crippen molar-refractivity contribution in [3.8, 4) is 0 Å². The number of amides is 1. The molecule has 0 saturated heterocycles. The summed E-state index contributed by atoms with van der Waals surface area (Å²) in [5, 5.41) is 9.29. The summed E-state index contributed by atoms with van der Waals surface area (Å²) in [5.41, 5.74) is 0.0446. The monoisotopic (exact) mass is 372 g/mol. The molecule has 0 atom stereocenters. The van der Waals surface area contributed by atoms with Gasteiger partial charge < -0.3 is 10.0 Å². The second kappa shape index (κ2) is 7.86. The van der Waals surface area contributed by atoms with E-state index in [1.807, 2.05) is 6.26 Å². The van der Waals surface area contributed by atoms with Crippen LogP contribution in [0.2, 0.25) is 0 Å². The van der Waals surface area contributed by atoms with E-state index in [9.17, 15) is 18.3 Å². The van der Waals surface area contributed by atoms with Crippen molar-refractivity contribution in [3.63, 3.8) is 0 Å². The van der Waals surface area contributed by atoms with Crippen molar-refractivity contribution < 1.29 is 18.3 Å². The first-order chi connectivity index (χ1) is 11.3. The standard InChI is InChI=1S/C16H24N2O4S2/c1-18(8-9-23-2)15(20)13-4-3-5-14(10-13)24(21,22)17-11-16(12-19)6-7-16/h3-5,10,17,19H,6-9,11-12H2,1-2H3. The second-order valence-corrected chi connectivity index (χ2v) is 8.98. The van der Waals surface area contributed by atoms with Crippen LogP contribution in [0, 0.1) is 5.41 Å². The van der Waals surface area contributed by atoms with Gasteiger partial charge in [-0.1, -0.05) is 6.07 Å². The van der Waals surface area contributed by atoms with Crippen molar-refractivity contribution in [2.45, 2.75) is 17.7 Å². The zero-order valence-electron chi connectivity index (χ0n) is 14.0. The minimum Gasteiger partial charge on any atom is -0.396 e. The number of hydrogen-bond acceptors (Lipinski definition) is 5. The van der Waals surface area contributed by atoms with Crippen molar-refractivity contribution >= 4 is 27.7 Å². The van der Waals surface area contributed by atoms with E-state index in [1.54, 1.807) is 35.8 Å². The predicted molar refractivity (Wildman–Crippen MR) is 95.7 cm³/mol. The highest BCUT2D eigenvalue weighted by Crippen LogP contribution is 2.44. The molecule has 2 N–H and O–H groups in total. The average Bonchev–Trinajstić information content (AvgIpc) is 3.38. The zero-order valence-corrected chi connectivity index (χ0v) is 15.6. The molecule has 1 fully saturated rings. The van der Waals surface area contributed by atoms with Crippen molar-refractivity contribution in [3.05, 3.63) is 29.8 Å². The van der Waals surface area contributed by atoms with Crippen molar-refractivity contribution in [2.75, 3.05) is 38.8 Å². The van der Waals surface area contributed by atoms with Gasteiger partial charge in [-0.25, -0.2) is 13.1 Å². The number of nitrogens with one attached hydrogen (secondary N) is 1. The van der Waals surface area contributed by atoms with Gasteiger partial charge in [0.05, 0.1) is 4.90 Å². The Morgan fingerprint density at radius 1 is 1.42 bits per heavy atom. The number of aliphatic hydroxyl groups is 1. The van der Waals surface area contributed by atoms with E-state index in [1.165, 1.54) is 12.1 Å². The Balaban J connectivity index is 2.09. The highest BCUT2D eigenvalue weighted by atomic mass is 32.2. The predicted octanol–water partition coefficient (Wildman–Crippen LogP) is 1.17. The van der Waals surface area contributed by atoms with Crippen LogP contribution in [0.4, 0.5) is 0 Å². The summed E-state index contributed by atoms with van der Waals surface area (Å²) in [6, 6.07) is 6.06. The maximum atomic E-state index is 12.4. The fraction of sp³-hybridized carbons (Fsp3) is 0.562. The first kappa shape index (κ1) is 19.2. The fourth-order valence-corrected chi connectivity index (χ4v) is 3.90. The molecular formula is C16H24N2O4S2. The summed E-state index contributed by atoms with van der Waals surface area (Å²) in [7, 11) is -1.99. The number of rotatable bonds is 9. The third kappa shape index (κ3) is 4.72. The lowest BCUT2D eigenvalue weighted by atomic mass is 10.1. The normalized spacial score (nSPS) is 16.0. The molecule has 1 aliphatic rings. The van der Waals surface area contributed by atoms with E-state index in [0.29, 0.717) is 12.1 Å². The van der Waals surface area contributed by atoms with Gasteiger partial charge in [-0.05, 0) is 37.3 Å². The Kier molecular flexibility index (Phi) is 6.30. The molecule has 0 heterocycles. The quantitative estimate of drug-likeness (QED) is 0.680. The molecule has 24 heavy (non-hydrogen) atoms. The van der Waals surface area contributed by atoms with E-state index < -0.39 is 10.0 Å². The lowest BCUT2D eigenvalue weighted by molar-refractivity contribution is 0.0803. The number of thioether (sulfide) groups is 1. The summed E-state index contributed by atoms with van der Waals surface area (Å²) in [6.45, 7) is 0.806. The molecule has 0 bridgehead atoms. The summed E-state index contributed by atoms with van der Waals surface area (Å²) in [5.74, 6) is 0.625. The summed E-state index contributed by atoms with van der Waals surface area (Å²) in [6.07, 6.45) is 3.62. The van der Waals surface area contributed by atoms with Gasteiger partial charge in [0.25, 0.3) is 5.91 Å². The number of carbonyl (C=O) groups is 1. The largest absolute Gasteiger partial charge is 0.396 e. The molecule has 134 valence electrons. The van der Waals surface area contributed by atoms with Gasteiger partial charge in [0.15, 0.2) is 0 Å². The number of nitrogens with zero attached hydrogens (tertiary/aromatic N) is 1. The van der Waals surface area contributed by atoms with Gasteiger partial charge >= 0.3 is 0 Å². The van der Waals surface area contributed by atoms with E-state index in [2.05, 4.69) is 4.72 Å². The molecule has 1 aromatic rings. The first-order valence-electron chi connectivity index (χ1n) is 7.79. The number of sulfonamides is 1. The maximum Gasteiger partial charge on any atom is 0.253 e. The Bertz CT molecular complexity index is 687. The van der Waals surface area contributed by atoms with E-state index in [-0.39, 0.29) is 29.4 Å². The molecular weight excluding hydrogens is 348 g/mol. The molecule has 0 aromatic heterocycles. The molecule has 0 radical (unpaired) electrons. The molecule has 8 heteroatoms. The van der Waals surface area contributed by atoms with Gasteiger partial charge in [0.1, 0.15) is 0 Å². The third-order valence-corrected chi connectivity index (χ3v) is 6.29. The van der Waals surface area contributed by atoms with Crippen molar-refractivity contribution in [1.82, 2.24) is 9.62 Å². The highest BCUT2D eigenvalue weighted by Gasteiger charge is 2.42. The van der Waals surface area contributed by atoms with Crippen LogP contribution in [-0.4, -0.2) is 63.1 Å². The van der Waals surface area contributed by atoms with Crippen LogP contribution >= 0.6 is 11.8 Å². The van der Waals surface area contributed by atoms with Crippen LogP contribution < -0.4 is 4.72 Å².